The van der Waals surface area contributed by atoms with Crippen molar-refractivity contribution in [1.29, 1.82) is 0 Å². The average molecular weight is 433 g/mol. The molecule has 0 aliphatic rings. The quantitative estimate of drug-likeness (QED) is 0.488. The summed E-state index contributed by atoms with van der Waals surface area (Å²) in [4.78, 5) is 24.1. The molecule has 0 saturated heterocycles. The Morgan fingerprint density at radius 1 is 0.962 bits per heavy atom. The van der Waals surface area contributed by atoms with Crippen molar-refractivity contribution in [1.82, 2.24) is 5.43 Å². The summed E-state index contributed by atoms with van der Waals surface area (Å²) in [7, 11) is 0. The van der Waals surface area contributed by atoms with Crippen molar-refractivity contribution in [2.75, 3.05) is 5.32 Å². The summed E-state index contributed by atoms with van der Waals surface area (Å²) in [6.07, 6.45) is -0.0341. The average Bonchev–Trinajstić information content (AvgIpc) is 2.55. The molecule has 2 rings (SSSR count). The van der Waals surface area contributed by atoms with E-state index >= 15 is 0 Å². The highest BCUT2D eigenvalue weighted by Gasteiger charge is 2.11. The zero-order chi connectivity index (χ0) is 19.3. The van der Waals surface area contributed by atoms with Crippen molar-refractivity contribution >= 4 is 69.6 Å². The fourth-order valence-electron chi connectivity index (χ4n) is 1.94. The van der Waals surface area contributed by atoms with E-state index in [0.29, 0.717) is 26.5 Å². The minimum absolute atomic E-state index is 0.0341. The number of halogens is 4. The molecule has 2 aromatic rings. The Morgan fingerprint density at radius 3 is 2.19 bits per heavy atom. The Balaban J connectivity index is 1.94. The van der Waals surface area contributed by atoms with E-state index in [1.165, 1.54) is 18.2 Å². The number of hydrogen-bond acceptors (Lipinski definition) is 3. The van der Waals surface area contributed by atoms with Gasteiger partial charge < -0.3 is 5.32 Å². The Morgan fingerprint density at radius 2 is 1.58 bits per heavy atom. The van der Waals surface area contributed by atoms with Crippen LogP contribution in [0, 0.1) is 0 Å². The lowest BCUT2D eigenvalue weighted by atomic mass is 10.2. The number of hydrazone groups is 1. The van der Waals surface area contributed by atoms with Gasteiger partial charge in [-0.3, -0.25) is 9.59 Å². The molecule has 0 heterocycles. The third-order valence-electron chi connectivity index (χ3n) is 3.15. The maximum Gasteiger partial charge on any atom is 0.272 e. The lowest BCUT2D eigenvalue weighted by Crippen LogP contribution is -2.21. The van der Waals surface area contributed by atoms with Crippen LogP contribution in [0.4, 0.5) is 5.69 Å². The summed E-state index contributed by atoms with van der Waals surface area (Å²) < 4.78 is 0. The monoisotopic (exact) mass is 431 g/mol. The standard InChI is InChI=1S/C17H13Cl4N3O2/c1-9(6-16(25)22-15-5-3-11(19)8-14(15)21)23-24-17(26)12-4-2-10(18)7-13(12)20/h2-5,7-8H,6H2,1H3,(H,22,25)(H,24,26)/b23-9+. The van der Waals surface area contributed by atoms with Gasteiger partial charge in [0.15, 0.2) is 0 Å². The molecular weight excluding hydrogens is 420 g/mol. The molecule has 26 heavy (non-hydrogen) atoms. The summed E-state index contributed by atoms with van der Waals surface area (Å²) >= 11 is 23.6. The minimum atomic E-state index is -0.507. The number of rotatable bonds is 5. The number of nitrogens with one attached hydrogen (secondary N) is 2. The fourth-order valence-corrected chi connectivity index (χ4v) is 2.89. The van der Waals surface area contributed by atoms with Crippen molar-refractivity contribution in [3.63, 3.8) is 0 Å². The van der Waals surface area contributed by atoms with E-state index in [2.05, 4.69) is 15.8 Å². The van der Waals surface area contributed by atoms with Crippen molar-refractivity contribution in [3.05, 3.63) is 62.1 Å². The Hall–Kier alpha value is -1.79. The molecule has 136 valence electrons. The molecule has 0 atom stereocenters. The molecule has 0 radical (unpaired) electrons. The van der Waals surface area contributed by atoms with Gasteiger partial charge in [-0.15, -0.1) is 0 Å². The molecule has 0 fully saturated rings. The third kappa shape index (κ3) is 5.88. The molecule has 9 heteroatoms. The molecule has 0 aromatic heterocycles. The van der Waals surface area contributed by atoms with Crippen LogP contribution in [0.3, 0.4) is 0 Å². The second-order valence-corrected chi connectivity index (χ2v) is 6.95. The first-order valence-electron chi connectivity index (χ1n) is 7.29. The van der Waals surface area contributed by atoms with Crippen molar-refractivity contribution in [3.8, 4) is 0 Å². The predicted octanol–water partition coefficient (Wildman–Crippen LogP) is 5.43. The zero-order valence-electron chi connectivity index (χ0n) is 13.4. The third-order valence-corrected chi connectivity index (χ3v) is 4.24. The maximum atomic E-state index is 12.1. The number of anilines is 1. The van der Waals surface area contributed by atoms with Crippen LogP contribution in [-0.2, 0) is 4.79 Å². The van der Waals surface area contributed by atoms with E-state index in [-0.39, 0.29) is 22.9 Å². The Bertz CT molecular complexity index is 884. The predicted molar refractivity (Wildman–Crippen MR) is 107 cm³/mol. The van der Waals surface area contributed by atoms with Crippen molar-refractivity contribution < 1.29 is 9.59 Å². The highest BCUT2D eigenvalue weighted by Crippen LogP contribution is 2.25. The molecule has 0 aliphatic carbocycles. The normalized spacial score (nSPS) is 11.2. The number of benzene rings is 2. The Labute approximate surface area is 170 Å². The summed E-state index contributed by atoms with van der Waals surface area (Å²) in [5.74, 6) is -0.846. The summed E-state index contributed by atoms with van der Waals surface area (Å²) in [6, 6.07) is 9.22. The van der Waals surface area contributed by atoms with Gasteiger partial charge in [0.2, 0.25) is 5.91 Å². The lowest BCUT2D eigenvalue weighted by Gasteiger charge is -2.08. The maximum absolute atomic E-state index is 12.1. The Kier molecular flexibility index (Phi) is 7.29. The van der Waals surface area contributed by atoms with Crippen LogP contribution in [0.5, 0.6) is 0 Å². The lowest BCUT2D eigenvalue weighted by molar-refractivity contribution is -0.115. The highest BCUT2D eigenvalue weighted by atomic mass is 35.5. The van der Waals surface area contributed by atoms with Crippen LogP contribution < -0.4 is 10.7 Å². The van der Waals surface area contributed by atoms with Gasteiger partial charge >= 0.3 is 0 Å². The first kappa shape index (κ1) is 20.5. The molecule has 0 bridgehead atoms. The van der Waals surface area contributed by atoms with Crippen molar-refractivity contribution in [2.45, 2.75) is 13.3 Å². The van der Waals surface area contributed by atoms with Gasteiger partial charge in [-0.2, -0.15) is 5.10 Å². The fraction of sp³-hybridized carbons (Fsp3) is 0.118. The number of hydrogen-bond donors (Lipinski definition) is 2. The van der Waals surface area contributed by atoms with E-state index < -0.39 is 5.91 Å². The smallest absolute Gasteiger partial charge is 0.272 e. The van der Waals surface area contributed by atoms with E-state index in [1.807, 2.05) is 0 Å². The topological polar surface area (TPSA) is 70.6 Å². The van der Waals surface area contributed by atoms with E-state index in [0.717, 1.165) is 0 Å². The molecule has 2 aromatic carbocycles. The van der Waals surface area contributed by atoms with Gasteiger partial charge in [0.25, 0.3) is 5.91 Å². The van der Waals surface area contributed by atoms with Crippen LogP contribution >= 0.6 is 46.4 Å². The van der Waals surface area contributed by atoms with E-state index in [1.54, 1.807) is 25.1 Å². The number of amides is 2. The minimum Gasteiger partial charge on any atom is -0.324 e. The molecule has 0 spiro atoms. The van der Waals surface area contributed by atoms with Gasteiger partial charge in [-0.05, 0) is 43.3 Å². The molecule has 5 nitrogen and oxygen atoms in total. The molecular formula is C17H13Cl4N3O2. The number of nitrogens with zero attached hydrogens (tertiary/aromatic N) is 1. The van der Waals surface area contributed by atoms with Crippen LogP contribution in [0.1, 0.15) is 23.7 Å². The largest absolute Gasteiger partial charge is 0.324 e. The van der Waals surface area contributed by atoms with Gasteiger partial charge in [-0.25, -0.2) is 5.43 Å². The SMILES string of the molecule is C/C(CC(=O)Nc1ccc(Cl)cc1Cl)=N\NC(=O)c1ccc(Cl)cc1Cl. The summed E-state index contributed by atoms with van der Waals surface area (Å²) in [5, 5.41) is 7.96. The summed E-state index contributed by atoms with van der Waals surface area (Å²) in [5.41, 5.74) is 3.40. The van der Waals surface area contributed by atoms with Gasteiger partial charge in [0, 0.05) is 15.8 Å². The first-order chi connectivity index (χ1) is 12.3. The van der Waals surface area contributed by atoms with Gasteiger partial charge in [0.05, 0.1) is 27.7 Å². The van der Waals surface area contributed by atoms with Crippen LogP contribution in [0.25, 0.3) is 0 Å². The molecule has 0 aliphatic heterocycles. The number of carbonyl (C=O) groups excluding carboxylic acids is 2. The molecule has 0 unspecified atom stereocenters. The second-order valence-electron chi connectivity index (χ2n) is 5.26. The van der Waals surface area contributed by atoms with Crippen LogP contribution in [-0.4, -0.2) is 17.5 Å². The van der Waals surface area contributed by atoms with E-state index in [9.17, 15) is 9.59 Å². The highest BCUT2D eigenvalue weighted by molar-refractivity contribution is 6.37. The number of carbonyl (C=O) groups is 2. The molecule has 0 saturated carbocycles. The van der Waals surface area contributed by atoms with Crippen molar-refractivity contribution in [2.24, 2.45) is 5.10 Å². The summed E-state index contributed by atoms with van der Waals surface area (Å²) in [6.45, 7) is 1.60. The first-order valence-corrected chi connectivity index (χ1v) is 8.81. The van der Waals surface area contributed by atoms with Crippen LogP contribution in [0.15, 0.2) is 41.5 Å². The second kappa shape index (κ2) is 9.24. The molecule has 2 N–H and O–H groups in total. The van der Waals surface area contributed by atoms with Crippen LogP contribution in [0.2, 0.25) is 20.1 Å². The zero-order valence-corrected chi connectivity index (χ0v) is 16.5. The molecule has 2 amide bonds. The van der Waals surface area contributed by atoms with Gasteiger partial charge in [0.1, 0.15) is 0 Å². The van der Waals surface area contributed by atoms with E-state index in [4.69, 9.17) is 46.4 Å². The van der Waals surface area contributed by atoms with Gasteiger partial charge in [-0.1, -0.05) is 46.4 Å².